The predicted molar refractivity (Wildman–Crippen MR) is 104 cm³/mol. The summed E-state index contributed by atoms with van der Waals surface area (Å²) in [6.45, 7) is 7.22. The average molecular weight is 393 g/mol. The number of halogens is 3. The van der Waals surface area contributed by atoms with Gasteiger partial charge in [0.15, 0.2) is 5.69 Å². The molecule has 152 valence electrons. The highest BCUT2D eigenvalue weighted by Gasteiger charge is 2.39. The lowest BCUT2D eigenvalue weighted by atomic mass is 10.0. The highest BCUT2D eigenvalue weighted by atomic mass is 19.4. The molecule has 0 saturated carbocycles. The number of hydrogen-bond donors (Lipinski definition) is 1. The maximum absolute atomic E-state index is 13.7. The zero-order valence-corrected chi connectivity index (χ0v) is 16.7. The lowest BCUT2D eigenvalue weighted by Gasteiger charge is -2.18. The number of alkyl halides is 3. The zero-order valence-electron chi connectivity index (χ0n) is 16.7. The number of nitrogens with one attached hydrogen (secondary N) is 1. The number of anilines is 1. The Labute approximate surface area is 163 Å². The van der Waals surface area contributed by atoms with Gasteiger partial charge in [-0.25, -0.2) is 9.97 Å². The Kier molecular flexibility index (Phi) is 7.16. The maximum Gasteiger partial charge on any atom is 0.434 e. The van der Waals surface area contributed by atoms with Crippen LogP contribution in [0, 0.1) is 6.92 Å². The van der Waals surface area contributed by atoms with Gasteiger partial charge in [0.1, 0.15) is 5.82 Å². The summed E-state index contributed by atoms with van der Waals surface area (Å²) >= 11 is 0. The molecule has 2 aromatic rings. The molecule has 1 aromatic carbocycles. The molecule has 1 amide bonds. The maximum atomic E-state index is 13.7. The van der Waals surface area contributed by atoms with Crippen molar-refractivity contribution in [2.45, 2.75) is 66.0 Å². The molecule has 4 nitrogen and oxygen atoms in total. The van der Waals surface area contributed by atoms with Gasteiger partial charge in [0.25, 0.3) is 5.91 Å². The largest absolute Gasteiger partial charge is 0.434 e. The van der Waals surface area contributed by atoms with E-state index in [-0.39, 0.29) is 11.5 Å². The van der Waals surface area contributed by atoms with Gasteiger partial charge in [-0.3, -0.25) is 4.79 Å². The van der Waals surface area contributed by atoms with E-state index in [1.165, 1.54) is 6.92 Å². The third-order valence-electron chi connectivity index (χ3n) is 4.60. The summed E-state index contributed by atoms with van der Waals surface area (Å²) in [5.74, 6) is -0.799. The molecule has 0 radical (unpaired) electrons. The topological polar surface area (TPSA) is 54.9 Å². The van der Waals surface area contributed by atoms with E-state index in [1.54, 1.807) is 0 Å². The van der Waals surface area contributed by atoms with Gasteiger partial charge in [0, 0.05) is 5.69 Å². The van der Waals surface area contributed by atoms with Crippen LogP contribution in [0.2, 0.25) is 0 Å². The Hall–Kier alpha value is -2.44. The summed E-state index contributed by atoms with van der Waals surface area (Å²) in [7, 11) is 0. The van der Waals surface area contributed by atoms with Gasteiger partial charge < -0.3 is 5.32 Å². The van der Waals surface area contributed by atoms with Crippen LogP contribution < -0.4 is 5.32 Å². The van der Waals surface area contributed by atoms with Crippen molar-refractivity contribution in [2.24, 2.45) is 0 Å². The van der Waals surface area contributed by atoms with Crippen LogP contribution in [-0.4, -0.2) is 15.9 Å². The second-order valence-corrected chi connectivity index (χ2v) is 6.65. The second-order valence-electron chi connectivity index (χ2n) is 6.65. The molecule has 0 atom stereocenters. The monoisotopic (exact) mass is 393 g/mol. The number of benzene rings is 1. The number of carbonyl (C=O) groups is 1. The van der Waals surface area contributed by atoms with Crippen molar-refractivity contribution in [1.82, 2.24) is 9.97 Å². The minimum absolute atomic E-state index is 0.0122. The molecule has 0 unspecified atom stereocenters. The van der Waals surface area contributed by atoms with Crippen LogP contribution in [0.3, 0.4) is 0 Å². The van der Waals surface area contributed by atoms with Gasteiger partial charge in [-0.15, -0.1) is 0 Å². The Bertz CT molecular complexity index is 825. The smallest absolute Gasteiger partial charge is 0.321 e. The van der Waals surface area contributed by atoms with Crippen molar-refractivity contribution in [3.63, 3.8) is 0 Å². The Morgan fingerprint density at radius 1 is 1.07 bits per heavy atom. The number of aryl methyl sites for hydroxylation is 4. The van der Waals surface area contributed by atoms with Crippen LogP contribution in [0.1, 0.15) is 72.3 Å². The van der Waals surface area contributed by atoms with Gasteiger partial charge in [0.05, 0.1) is 11.3 Å². The Morgan fingerprint density at radius 2 is 1.68 bits per heavy atom. The van der Waals surface area contributed by atoms with Gasteiger partial charge in [-0.1, -0.05) is 45.4 Å². The highest BCUT2D eigenvalue weighted by molar-refractivity contribution is 6.06. The molecule has 28 heavy (non-hydrogen) atoms. The first kappa shape index (κ1) is 21.9. The van der Waals surface area contributed by atoms with E-state index in [0.29, 0.717) is 31.4 Å². The van der Waals surface area contributed by atoms with E-state index in [1.807, 2.05) is 39.0 Å². The van der Waals surface area contributed by atoms with Crippen molar-refractivity contribution >= 4 is 11.6 Å². The molecule has 0 aliphatic heterocycles. The lowest BCUT2D eigenvalue weighted by molar-refractivity contribution is -0.141. The van der Waals surface area contributed by atoms with Crippen LogP contribution in [0.5, 0.6) is 0 Å². The second kappa shape index (κ2) is 9.17. The molecule has 0 aliphatic carbocycles. The fourth-order valence-electron chi connectivity index (χ4n) is 3.18. The number of carbonyl (C=O) groups excluding carboxylic acids is 1. The average Bonchev–Trinajstić information content (AvgIpc) is 2.65. The normalized spacial score (nSPS) is 11.5. The van der Waals surface area contributed by atoms with Crippen LogP contribution >= 0.6 is 0 Å². The van der Waals surface area contributed by atoms with E-state index in [9.17, 15) is 18.0 Å². The van der Waals surface area contributed by atoms with Crippen LogP contribution in [0.15, 0.2) is 18.2 Å². The minimum atomic E-state index is -4.74. The molecular weight excluding hydrogens is 367 g/mol. The molecule has 0 aliphatic rings. The number of unbranched alkanes of at least 4 members (excludes halogenated alkanes) is 1. The minimum Gasteiger partial charge on any atom is -0.321 e. The first-order valence-electron chi connectivity index (χ1n) is 9.59. The lowest BCUT2D eigenvalue weighted by Crippen LogP contribution is -2.25. The molecule has 0 spiro atoms. The Morgan fingerprint density at radius 3 is 2.18 bits per heavy atom. The highest BCUT2D eigenvalue weighted by Crippen LogP contribution is 2.33. The van der Waals surface area contributed by atoms with E-state index < -0.39 is 23.3 Å². The first-order chi connectivity index (χ1) is 13.2. The van der Waals surface area contributed by atoms with Crippen molar-refractivity contribution in [2.75, 3.05) is 5.32 Å². The number of aromatic nitrogens is 2. The third kappa shape index (κ3) is 4.88. The van der Waals surface area contributed by atoms with Crippen LogP contribution in [0.25, 0.3) is 0 Å². The van der Waals surface area contributed by atoms with Crippen LogP contribution in [0.4, 0.5) is 18.9 Å². The molecule has 0 bridgehead atoms. The van der Waals surface area contributed by atoms with Crippen molar-refractivity contribution in [3.05, 3.63) is 52.1 Å². The fourth-order valence-corrected chi connectivity index (χ4v) is 3.18. The SMILES string of the molecule is CCCCc1nc(C)nc(C(F)(F)F)c1C(=O)Nc1c(CC)cccc1CC. The quantitative estimate of drug-likeness (QED) is 0.673. The number of para-hydroxylation sites is 1. The molecule has 0 saturated heterocycles. The fraction of sp³-hybridized carbons (Fsp3) is 0.476. The summed E-state index contributed by atoms with van der Waals surface area (Å²) in [6.07, 6.45) is -1.71. The molecule has 1 heterocycles. The number of nitrogens with zero attached hydrogens (tertiary/aromatic N) is 2. The summed E-state index contributed by atoms with van der Waals surface area (Å²) < 4.78 is 41.0. The van der Waals surface area contributed by atoms with Crippen molar-refractivity contribution in [3.8, 4) is 0 Å². The molecule has 2 rings (SSSR count). The zero-order chi connectivity index (χ0) is 20.9. The van der Waals surface area contributed by atoms with E-state index in [0.717, 1.165) is 17.5 Å². The van der Waals surface area contributed by atoms with E-state index in [4.69, 9.17) is 0 Å². The number of amides is 1. The molecular formula is C21H26F3N3O. The first-order valence-corrected chi connectivity index (χ1v) is 9.59. The number of rotatable bonds is 7. The standard InChI is InChI=1S/C21H26F3N3O/c1-5-8-12-16-17(19(21(22,23)24)26-13(4)25-16)20(28)27-18-14(6-2)10-9-11-15(18)7-3/h9-11H,5-8,12H2,1-4H3,(H,27,28). The van der Waals surface area contributed by atoms with E-state index >= 15 is 0 Å². The van der Waals surface area contributed by atoms with Gasteiger partial charge in [-0.05, 0) is 43.7 Å². The summed E-state index contributed by atoms with van der Waals surface area (Å²) in [6, 6.07) is 5.61. The molecule has 7 heteroatoms. The van der Waals surface area contributed by atoms with Crippen molar-refractivity contribution in [1.29, 1.82) is 0 Å². The molecule has 1 N–H and O–H groups in total. The van der Waals surface area contributed by atoms with Gasteiger partial charge in [-0.2, -0.15) is 13.2 Å². The van der Waals surface area contributed by atoms with Crippen molar-refractivity contribution < 1.29 is 18.0 Å². The third-order valence-corrected chi connectivity index (χ3v) is 4.60. The van der Waals surface area contributed by atoms with Gasteiger partial charge >= 0.3 is 6.18 Å². The Balaban J connectivity index is 2.59. The van der Waals surface area contributed by atoms with Gasteiger partial charge in [0.2, 0.25) is 0 Å². The van der Waals surface area contributed by atoms with Crippen LogP contribution in [-0.2, 0) is 25.4 Å². The summed E-state index contributed by atoms with van der Waals surface area (Å²) in [5.41, 5.74) is 0.836. The predicted octanol–water partition coefficient (Wildman–Crippen LogP) is 5.52. The summed E-state index contributed by atoms with van der Waals surface area (Å²) in [5, 5.41) is 2.73. The number of hydrogen-bond acceptors (Lipinski definition) is 3. The molecule has 1 aromatic heterocycles. The van der Waals surface area contributed by atoms with E-state index in [2.05, 4.69) is 15.3 Å². The molecule has 0 fully saturated rings. The summed E-state index contributed by atoms with van der Waals surface area (Å²) in [4.78, 5) is 20.7.